The Morgan fingerprint density at radius 2 is 1.79 bits per heavy atom. The van der Waals surface area contributed by atoms with E-state index in [2.05, 4.69) is 30.0 Å². The number of carbonyl (C=O) groups excluding carboxylic acids is 1. The first kappa shape index (κ1) is 20.3. The van der Waals surface area contributed by atoms with Crippen LogP contribution in [-0.2, 0) is 9.53 Å². The fourth-order valence-electron chi connectivity index (χ4n) is 4.60. The lowest BCUT2D eigenvalue weighted by atomic mass is 9.95. The SMILES string of the molecule is O=C(NCCN1CCCCC1)C1CCN(c2cncnc2N2CCOCC2)CC1. The van der Waals surface area contributed by atoms with Crippen molar-refractivity contribution in [2.75, 3.05) is 75.4 Å². The number of amides is 1. The van der Waals surface area contributed by atoms with Crippen LogP contribution >= 0.6 is 0 Å². The predicted octanol–water partition coefficient (Wildman–Crippen LogP) is 1.13. The topological polar surface area (TPSA) is 73.8 Å². The van der Waals surface area contributed by atoms with E-state index in [9.17, 15) is 4.79 Å². The van der Waals surface area contributed by atoms with Crippen LogP contribution < -0.4 is 15.1 Å². The molecule has 1 N–H and O–H groups in total. The molecule has 0 atom stereocenters. The van der Waals surface area contributed by atoms with E-state index in [4.69, 9.17) is 4.74 Å². The van der Waals surface area contributed by atoms with Gasteiger partial charge in [0.15, 0.2) is 5.82 Å². The van der Waals surface area contributed by atoms with Gasteiger partial charge in [-0.25, -0.2) is 9.97 Å². The van der Waals surface area contributed by atoms with Gasteiger partial charge < -0.3 is 24.8 Å². The number of hydrogen-bond acceptors (Lipinski definition) is 7. The first-order valence-corrected chi connectivity index (χ1v) is 11.2. The summed E-state index contributed by atoms with van der Waals surface area (Å²) in [6.07, 6.45) is 9.23. The van der Waals surface area contributed by atoms with Gasteiger partial charge in [0.25, 0.3) is 0 Å². The molecule has 1 aromatic heterocycles. The zero-order chi connectivity index (χ0) is 19.9. The van der Waals surface area contributed by atoms with Crippen LogP contribution in [0.2, 0.25) is 0 Å². The molecule has 0 saturated carbocycles. The van der Waals surface area contributed by atoms with Gasteiger partial charge in [-0.15, -0.1) is 0 Å². The van der Waals surface area contributed by atoms with E-state index in [1.54, 1.807) is 6.33 Å². The van der Waals surface area contributed by atoms with Gasteiger partial charge in [-0.2, -0.15) is 0 Å². The second kappa shape index (κ2) is 10.2. The largest absolute Gasteiger partial charge is 0.378 e. The van der Waals surface area contributed by atoms with Crippen molar-refractivity contribution in [3.8, 4) is 0 Å². The lowest BCUT2D eigenvalue weighted by molar-refractivity contribution is -0.125. The lowest BCUT2D eigenvalue weighted by Gasteiger charge is -2.36. The van der Waals surface area contributed by atoms with Gasteiger partial charge in [0, 0.05) is 45.2 Å². The summed E-state index contributed by atoms with van der Waals surface area (Å²) < 4.78 is 5.47. The molecule has 8 heteroatoms. The molecule has 3 aliphatic heterocycles. The zero-order valence-electron chi connectivity index (χ0n) is 17.4. The van der Waals surface area contributed by atoms with Crippen molar-refractivity contribution in [3.63, 3.8) is 0 Å². The molecule has 0 unspecified atom stereocenters. The third kappa shape index (κ3) is 5.36. The molecule has 3 saturated heterocycles. The summed E-state index contributed by atoms with van der Waals surface area (Å²) in [4.78, 5) is 28.5. The third-order valence-corrected chi connectivity index (χ3v) is 6.37. The third-order valence-electron chi connectivity index (χ3n) is 6.37. The first-order valence-electron chi connectivity index (χ1n) is 11.2. The molecule has 4 heterocycles. The molecule has 0 spiro atoms. The lowest BCUT2D eigenvalue weighted by Crippen LogP contribution is -2.44. The van der Waals surface area contributed by atoms with E-state index in [0.29, 0.717) is 0 Å². The maximum atomic E-state index is 12.6. The standard InChI is InChI=1S/C21H34N6O2/c28-21(23-6-11-25-7-2-1-3-8-25)18-4-9-26(10-5-18)19-16-22-17-24-20(19)27-12-14-29-15-13-27/h16-18H,1-15H2,(H,23,28). The summed E-state index contributed by atoms with van der Waals surface area (Å²) >= 11 is 0. The number of carbonyl (C=O) groups is 1. The molecular formula is C21H34N6O2. The molecule has 160 valence electrons. The highest BCUT2D eigenvalue weighted by Crippen LogP contribution is 2.30. The Morgan fingerprint density at radius 1 is 1.03 bits per heavy atom. The van der Waals surface area contributed by atoms with Crippen molar-refractivity contribution in [2.45, 2.75) is 32.1 Å². The molecule has 29 heavy (non-hydrogen) atoms. The van der Waals surface area contributed by atoms with Gasteiger partial charge in [0.05, 0.1) is 25.1 Å². The van der Waals surface area contributed by atoms with Gasteiger partial charge in [-0.1, -0.05) is 6.42 Å². The summed E-state index contributed by atoms with van der Waals surface area (Å²) in [6, 6.07) is 0. The Kier molecular flexibility index (Phi) is 7.16. The minimum atomic E-state index is 0.115. The average Bonchev–Trinajstić information content (AvgIpc) is 2.80. The number of ether oxygens (including phenoxy) is 1. The van der Waals surface area contributed by atoms with Gasteiger partial charge in [-0.05, 0) is 38.8 Å². The number of nitrogens with one attached hydrogen (secondary N) is 1. The maximum Gasteiger partial charge on any atom is 0.223 e. The highest BCUT2D eigenvalue weighted by Gasteiger charge is 2.28. The van der Waals surface area contributed by atoms with Crippen LogP contribution in [0.1, 0.15) is 32.1 Å². The van der Waals surface area contributed by atoms with Crippen molar-refractivity contribution in [3.05, 3.63) is 12.5 Å². The Bertz CT molecular complexity index is 652. The molecule has 8 nitrogen and oxygen atoms in total. The number of aromatic nitrogens is 2. The van der Waals surface area contributed by atoms with E-state index >= 15 is 0 Å². The fourth-order valence-corrected chi connectivity index (χ4v) is 4.60. The molecule has 0 aliphatic carbocycles. The molecule has 0 radical (unpaired) electrons. The van der Waals surface area contributed by atoms with Crippen LogP contribution in [0.5, 0.6) is 0 Å². The Balaban J connectivity index is 1.25. The van der Waals surface area contributed by atoms with Crippen LogP contribution in [0.25, 0.3) is 0 Å². The second-order valence-corrected chi connectivity index (χ2v) is 8.29. The number of piperidine rings is 2. The Labute approximate surface area is 173 Å². The summed E-state index contributed by atoms with van der Waals surface area (Å²) in [5.74, 6) is 1.33. The van der Waals surface area contributed by atoms with Gasteiger partial charge >= 0.3 is 0 Å². The molecular weight excluding hydrogens is 368 g/mol. The minimum absolute atomic E-state index is 0.115. The molecule has 3 aliphatic rings. The molecule has 4 rings (SSSR count). The van der Waals surface area contributed by atoms with E-state index in [0.717, 1.165) is 76.8 Å². The van der Waals surface area contributed by atoms with E-state index in [1.165, 1.54) is 32.4 Å². The number of nitrogens with zero attached hydrogens (tertiary/aromatic N) is 5. The normalized spacial score (nSPS) is 21.9. The Hall–Kier alpha value is -1.93. The summed E-state index contributed by atoms with van der Waals surface area (Å²) in [6.45, 7) is 9.05. The van der Waals surface area contributed by atoms with E-state index < -0.39 is 0 Å². The smallest absolute Gasteiger partial charge is 0.223 e. The monoisotopic (exact) mass is 402 g/mol. The van der Waals surface area contributed by atoms with Crippen LogP contribution in [-0.4, -0.2) is 86.3 Å². The molecule has 0 bridgehead atoms. The second-order valence-electron chi connectivity index (χ2n) is 8.29. The van der Waals surface area contributed by atoms with Crippen molar-refractivity contribution >= 4 is 17.4 Å². The van der Waals surface area contributed by atoms with Gasteiger partial charge in [0.2, 0.25) is 5.91 Å². The highest BCUT2D eigenvalue weighted by molar-refractivity contribution is 5.79. The fraction of sp³-hybridized carbons (Fsp3) is 0.762. The Morgan fingerprint density at radius 3 is 2.55 bits per heavy atom. The summed E-state index contributed by atoms with van der Waals surface area (Å²) in [7, 11) is 0. The highest BCUT2D eigenvalue weighted by atomic mass is 16.5. The van der Waals surface area contributed by atoms with Gasteiger partial charge in [-0.3, -0.25) is 4.79 Å². The zero-order valence-corrected chi connectivity index (χ0v) is 17.4. The van der Waals surface area contributed by atoms with Crippen LogP contribution in [0.15, 0.2) is 12.5 Å². The van der Waals surface area contributed by atoms with Crippen molar-refractivity contribution in [2.24, 2.45) is 5.92 Å². The van der Waals surface area contributed by atoms with E-state index in [1.807, 2.05) is 6.20 Å². The van der Waals surface area contributed by atoms with E-state index in [-0.39, 0.29) is 11.8 Å². The molecule has 1 aromatic rings. The minimum Gasteiger partial charge on any atom is -0.378 e. The molecule has 0 aromatic carbocycles. The quantitative estimate of drug-likeness (QED) is 0.765. The molecule has 3 fully saturated rings. The van der Waals surface area contributed by atoms with Crippen LogP contribution in [0, 0.1) is 5.92 Å². The number of morpholine rings is 1. The van der Waals surface area contributed by atoms with Crippen LogP contribution in [0.3, 0.4) is 0 Å². The summed E-state index contributed by atoms with van der Waals surface area (Å²) in [5.41, 5.74) is 1.08. The van der Waals surface area contributed by atoms with Crippen molar-refractivity contribution in [1.82, 2.24) is 20.2 Å². The summed E-state index contributed by atoms with van der Waals surface area (Å²) in [5, 5.41) is 3.17. The van der Waals surface area contributed by atoms with Crippen molar-refractivity contribution in [1.29, 1.82) is 0 Å². The average molecular weight is 403 g/mol. The maximum absolute atomic E-state index is 12.6. The number of anilines is 2. The first-order chi connectivity index (χ1) is 14.3. The number of likely N-dealkylation sites (tertiary alicyclic amines) is 1. The molecule has 1 amide bonds. The predicted molar refractivity (Wildman–Crippen MR) is 113 cm³/mol. The number of rotatable bonds is 6. The van der Waals surface area contributed by atoms with Crippen molar-refractivity contribution < 1.29 is 9.53 Å². The van der Waals surface area contributed by atoms with Crippen LogP contribution in [0.4, 0.5) is 11.5 Å². The number of hydrogen-bond donors (Lipinski definition) is 1. The van der Waals surface area contributed by atoms with Gasteiger partial charge in [0.1, 0.15) is 6.33 Å².